The van der Waals surface area contributed by atoms with Gasteiger partial charge in [0.05, 0.1) is 6.33 Å². The number of rotatable bonds is 5. The number of aromatic nitrogens is 4. The van der Waals surface area contributed by atoms with Gasteiger partial charge in [-0.1, -0.05) is 12.1 Å². The largest absolute Gasteiger partial charge is 0.354 e. The fourth-order valence-corrected chi connectivity index (χ4v) is 3.16. The Balaban J connectivity index is 1.40. The zero-order valence-corrected chi connectivity index (χ0v) is 15.8. The maximum absolute atomic E-state index is 12.6. The van der Waals surface area contributed by atoms with Crippen LogP contribution < -0.4 is 10.2 Å². The van der Waals surface area contributed by atoms with Crippen LogP contribution in [0.15, 0.2) is 55.4 Å². The number of carbonyl (C=O) groups is 1. The minimum Gasteiger partial charge on any atom is -0.354 e. The van der Waals surface area contributed by atoms with Crippen LogP contribution in [0.3, 0.4) is 0 Å². The van der Waals surface area contributed by atoms with Gasteiger partial charge in [0.25, 0.3) is 5.91 Å². The van der Waals surface area contributed by atoms with Gasteiger partial charge in [0.1, 0.15) is 18.0 Å². The molecule has 1 saturated heterocycles. The van der Waals surface area contributed by atoms with Crippen molar-refractivity contribution in [3.63, 3.8) is 0 Å². The molecule has 1 aromatic carbocycles. The van der Waals surface area contributed by atoms with Crippen LogP contribution in [0.4, 0.5) is 11.6 Å². The van der Waals surface area contributed by atoms with Crippen molar-refractivity contribution in [2.45, 2.75) is 6.54 Å². The Hall–Kier alpha value is -3.26. The highest BCUT2D eigenvalue weighted by molar-refractivity contribution is 6.03. The van der Waals surface area contributed by atoms with E-state index in [0.717, 1.165) is 44.1 Å². The summed E-state index contributed by atoms with van der Waals surface area (Å²) in [5.74, 6) is 1.17. The van der Waals surface area contributed by atoms with Gasteiger partial charge < -0.3 is 19.7 Å². The van der Waals surface area contributed by atoms with E-state index in [1.54, 1.807) is 12.5 Å². The van der Waals surface area contributed by atoms with E-state index in [1.165, 1.54) is 6.33 Å². The first kappa shape index (κ1) is 18.1. The maximum Gasteiger partial charge on any atom is 0.256 e. The van der Waals surface area contributed by atoms with Crippen LogP contribution in [-0.2, 0) is 6.54 Å². The molecule has 4 rings (SSSR count). The molecule has 0 aliphatic carbocycles. The third-order valence-electron chi connectivity index (χ3n) is 4.86. The summed E-state index contributed by atoms with van der Waals surface area (Å²) in [6.07, 6.45) is 6.93. The van der Waals surface area contributed by atoms with Gasteiger partial charge in [-0.05, 0) is 24.7 Å². The molecule has 144 valence electrons. The maximum atomic E-state index is 12.6. The molecule has 1 N–H and O–H groups in total. The number of hydrogen-bond acceptors (Lipinski definition) is 6. The monoisotopic (exact) mass is 377 g/mol. The second kappa shape index (κ2) is 8.18. The first-order valence-corrected chi connectivity index (χ1v) is 9.29. The van der Waals surface area contributed by atoms with E-state index < -0.39 is 0 Å². The van der Waals surface area contributed by atoms with Gasteiger partial charge in [-0.25, -0.2) is 15.0 Å². The molecule has 8 nitrogen and oxygen atoms in total. The number of carbonyl (C=O) groups excluding carboxylic acids is 1. The van der Waals surface area contributed by atoms with E-state index in [1.807, 2.05) is 41.1 Å². The molecule has 3 aromatic rings. The third kappa shape index (κ3) is 4.34. The minimum absolute atomic E-state index is 0.183. The number of imidazole rings is 1. The van der Waals surface area contributed by atoms with E-state index in [9.17, 15) is 4.79 Å². The van der Waals surface area contributed by atoms with Gasteiger partial charge in [0.2, 0.25) is 0 Å². The third-order valence-corrected chi connectivity index (χ3v) is 4.86. The van der Waals surface area contributed by atoms with E-state index in [0.29, 0.717) is 11.4 Å². The lowest BCUT2D eigenvalue weighted by atomic mass is 10.1. The van der Waals surface area contributed by atoms with Crippen LogP contribution in [-0.4, -0.2) is 63.6 Å². The normalized spacial score (nSPS) is 14.8. The predicted octanol–water partition coefficient (Wildman–Crippen LogP) is 1.73. The van der Waals surface area contributed by atoms with Gasteiger partial charge in [-0.15, -0.1) is 0 Å². The molecule has 1 fully saturated rings. The second-order valence-corrected chi connectivity index (χ2v) is 6.94. The molecule has 3 heterocycles. The van der Waals surface area contributed by atoms with E-state index in [2.05, 4.69) is 37.1 Å². The van der Waals surface area contributed by atoms with E-state index in [4.69, 9.17) is 0 Å². The Labute approximate surface area is 163 Å². The summed E-state index contributed by atoms with van der Waals surface area (Å²) in [6.45, 7) is 4.55. The smallest absolute Gasteiger partial charge is 0.256 e. The lowest BCUT2D eigenvalue weighted by Gasteiger charge is -2.33. The van der Waals surface area contributed by atoms with Gasteiger partial charge in [0, 0.05) is 56.7 Å². The first-order chi connectivity index (χ1) is 13.7. The van der Waals surface area contributed by atoms with Gasteiger partial charge in [-0.3, -0.25) is 4.79 Å². The number of anilines is 2. The van der Waals surface area contributed by atoms with Crippen molar-refractivity contribution >= 4 is 17.5 Å². The van der Waals surface area contributed by atoms with Crippen LogP contribution in [0.1, 0.15) is 15.9 Å². The summed E-state index contributed by atoms with van der Waals surface area (Å²) in [4.78, 5) is 29.6. The molecule has 1 amide bonds. The Bertz CT molecular complexity index is 916. The molecule has 28 heavy (non-hydrogen) atoms. The summed E-state index contributed by atoms with van der Waals surface area (Å²) in [5.41, 5.74) is 1.70. The molecule has 0 atom stereocenters. The van der Waals surface area contributed by atoms with Gasteiger partial charge >= 0.3 is 0 Å². The SMILES string of the molecule is CN1CCN(c2cc(NC(=O)c3ccc(Cn4ccnc4)cc3)ncn2)CC1. The predicted molar refractivity (Wildman–Crippen MR) is 107 cm³/mol. The molecule has 0 saturated carbocycles. The number of amides is 1. The minimum atomic E-state index is -0.183. The van der Waals surface area contributed by atoms with Gasteiger partial charge in [-0.2, -0.15) is 0 Å². The number of nitrogens with zero attached hydrogens (tertiary/aromatic N) is 6. The standard InChI is InChI=1S/C20H23N7O/c1-25-8-10-27(11-9-25)19-12-18(22-14-23-19)24-20(28)17-4-2-16(3-5-17)13-26-7-6-21-15-26/h2-7,12,14-15H,8-11,13H2,1H3,(H,22,23,24,28). The first-order valence-electron chi connectivity index (χ1n) is 9.29. The summed E-state index contributed by atoms with van der Waals surface area (Å²) < 4.78 is 1.98. The summed E-state index contributed by atoms with van der Waals surface area (Å²) in [7, 11) is 2.11. The molecule has 8 heteroatoms. The molecule has 0 spiro atoms. The molecule has 0 radical (unpaired) electrons. The van der Waals surface area contributed by atoms with Crippen LogP contribution in [0, 0.1) is 0 Å². The van der Waals surface area contributed by atoms with Crippen molar-refractivity contribution < 1.29 is 4.79 Å². The van der Waals surface area contributed by atoms with Crippen molar-refractivity contribution in [1.29, 1.82) is 0 Å². The number of benzene rings is 1. The molecule has 0 unspecified atom stereocenters. The lowest BCUT2D eigenvalue weighted by Crippen LogP contribution is -2.44. The van der Waals surface area contributed by atoms with Gasteiger partial charge in [0.15, 0.2) is 0 Å². The van der Waals surface area contributed by atoms with Crippen molar-refractivity contribution in [2.75, 3.05) is 43.4 Å². The second-order valence-electron chi connectivity index (χ2n) is 6.94. The highest BCUT2D eigenvalue weighted by Gasteiger charge is 2.16. The fraction of sp³-hybridized carbons (Fsp3) is 0.300. The number of hydrogen-bond donors (Lipinski definition) is 1. The Morgan fingerprint density at radius 2 is 1.89 bits per heavy atom. The van der Waals surface area contributed by atoms with Crippen LogP contribution in [0.2, 0.25) is 0 Å². The molecule has 0 bridgehead atoms. The number of nitrogens with one attached hydrogen (secondary N) is 1. The Morgan fingerprint density at radius 3 is 2.61 bits per heavy atom. The number of piperazine rings is 1. The van der Waals surface area contributed by atoms with Crippen molar-refractivity contribution in [2.24, 2.45) is 0 Å². The van der Waals surface area contributed by atoms with E-state index in [-0.39, 0.29) is 5.91 Å². The summed E-state index contributed by atoms with van der Waals surface area (Å²) in [5, 5.41) is 2.87. The average Bonchev–Trinajstić information content (AvgIpc) is 3.22. The van der Waals surface area contributed by atoms with E-state index >= 15 is 0 Å². The van der Waals surface area contributed by atoms with Crippen molar-refractivity contribution in [1.82, 2.24) is 24.4 Å². The molecular formula is C20H23N7O. The van der Waals surface area contributed by atoms with Crippen LogP contribution in [0.25, 0.3) is 0 Å². The average molecular weight is 377 g/mol. The van der Waals surface area contributed by atoms with Crippen LogP contribution >= 0.6 is 0 Å². The zero-order chi connectivity index (χ0) is 19.3. The van der Waals surface area contributed by atoms with Crippen molar-refractivity contribution in [3.05, 3.63) is 66.5 Å². The Kier molecular flexibility index (Phi) is 5.29. The number of likely N-dealkylation sites (N-methyl/N-ethyl adjacent to an activating group) is 1. The highest BCUT2D eigenvalue weighted by Crippen LogP contribution is 2.17. The van der Waals surface area contributed by atoms with Crippen molar-refractivity contribution in [3.8, 4) is 0 Å². The molecular weight excluding hydrogens is 354 g/mol. The fourth-order valence-electron chi connectivity index (χ4n) is 3.16. The zero-order valence-electron chi connectivity index (χ0n) is 15.8. The molecule has 2 aromatic heterocycles. The summed E-state index contributed by atoms with van der Waals surface area (Å²) >= 11 is 0. The highest BCUT2D eigenvalue weighted by atomic mass is 16.1. The molecule has 1 aliphatic rings. The quantitative estimate of drug-likeness (QED) is 0.729. The topological polar surface area (TPSA) is 79.2 Å². The van der Waals surface area contributed by atoms with Crippen LogP contribution in [0.5, 0.6) is 0 Å². The Morgan fingerprint density at radius 1 is 1.11 bits per heavy atom. The lowest BCUT2D eigenvalue weighted by molar-refractivity contribution is 0.102. The molecule has 1 aliphatic heterocycles. The summed E-state index contributed by atoms with van der Waals surface area (Å²) in [6, 6.07) is 9.38.